The van der Waals surface area contributed by atoms with Crippen molar-refractivity contribution in [1.29, 1.82) is 0 Å². The number of benzene rings is 16. The van der Waals surface area contributed by atoms with Gasteiger partial charge in [-0.05, 0) is 179 Å². The summed E-state index contributed by atoms with van der Waals surface area (Å²) in [5, 5.41) is 12.4. The molecule has 0 unspecified atom stereocenters. The lowest BCUT2D eigenvalue weighted by molar-refractivity contribution is 1.28. The molecule has 0 N–H and O–H groups in total. The van der Waals surface area contributed by atoms with E-state index in [1.54, 1.807) is 0 Å². The highest BCUT2D eigenvalue weighted by atomic mass is 15.1. The topological polar surface area (TPSA) is 3.24 Å². The number of hydrogen-bond acceptors (Lipinski definition) is 1. The average Bonchev–Trinajstić information content (AvgIpc) is 1.22. The first-order valence-corrected chi connectivity index (χ1v) is 29.4. The minimum Gasteiger partial charge on any atom is -0.311 e. The van der Waals surface area contributed by atoms with E-state index in [9.17, 15) is 0 Å². The van der Waals surface area contributed by atoms with Crippen LogP contribution in [0.5, 0.6) is 0 Å². The van der Waals surface area contributed by atoms with E-state index in [1.807, 2.05) is 0 Å². The van der Waals surface area contributed by atoms with Gasteiger partial charge in [-0.2, -0.15) is 0 Å². The van der Waals surface area contributed by atoms with Crippen LogP contribution in [0.3, 0.4) is 0 Å². The van der Waals surface area contributed by atoms with Gasteiger partial charge in [-0.3, -0.25) is 0 Å². The maximum Gasteiger partial charge on any atom is 0.0462 e. The quantitative estimate of drug-likeness (QED) is 0.0922. The third kappa shape index (κ3) is 8.23. The molecule has 85 heavy (non-hydrogen) atoms. The Hall–Kier alpha value is -11.1. The van der Waals surface area contributed by atoms with Crippen LogP contribution in [-0.4, -0.2) is 0 Å². The van der Waals surface area contributed by atoms with Crippen molar-refractivity contribution in [3.05, 3.63) is 334 Å². The normalized spacial score (nSPS) is 11.5. The summed E-state index contributed by atoms with van der Waals surface area (Å²) in [6.07, 6.45) is 0. The molecular formula is C84H55N. The Morgan fingerprint density at radius 1 is 0.129 bits per heavy atom. The number of anilines is 3. The van der Waals surface area contributed by atoms with Crippen LogP contribution >= 0.6 is 0 Å². The van der Waals surface area contributed by atoms with Gasteiger partial charge in [0, 0.05) is 17.1 Å². The first-order valence-electron chi connectivity index (χ1n) is 29.4. The molecule has 0 bridgehead atoms. The minimum atomic E-state index is 1.08. The fourth-order valence-electron chi connectivity index (χ4n) is 14.0. The molecule has 1 heteroatoms. The highest BCUT2D eigenvalue weighted by molar-refractivity contribution is 6.46. The lowest BCUT2D eigenvalue weighted by Gasteiger charge is -2.29. The third-order valence-electron chi connectivity index (χ3n) is 17.3. The summed E-state index contributed by atoms with van der Waals surface area (Å²) < 4.78 is 0. The van der Waals surface area contributed by atoms with Crippen molar-refractivity contribution in [1.82, 2.24) is 0 Å². The van der Waals surface area contributed by atoms with E-state index >= 15 is 0 Å². The number of hydrogen-bond donors (Lipinski definition) is 0. The van der Waals surface area contributed by atoms with E-state index in [0.717, 1.165) is 33.8 Å². The summed E-state index contributed by atoms with van der Waals surface area (Å²) in [4.78, 5) is 2.36. The Kier molecular flexibility index (Phi) is 12.3. The fourth-order valence-corrected chi connectivity index (χ4v) is 14.0. The second kappa shape index (κ2) is 21.0. The van der Waals surface area contributed by atoms with Crippen molar-refractivity contribution in [2.24, 2.45) is 0 Å². The molecule has 0 heterocycles. The Labute approximate surface area is 495 Å². The number of fused-ring (bicyclic) bond motifs is 6. The predicted molar refractivity (Wildman–Crippen MR) is 363 cm³/mol. The van der Waals surface area contributed by atoms with Crippen molar-refractivity contribution < 1.29 is 0 Å². The monoisotopic (exact) mass is 1080 g/mol. The van der Waals surface area contributed by atoms with Crippen molar-refractivity contribution in [2.75, 3.05) is 4.90 Å². The van der Waals surface area contributed by atoms with Gasteiger partial charge in [0.1, 0.15) is 0 Å². The van der Waals surface area contributed by atoms with Gasteiger partial charge in [-0.1, -0.05) is 297 Å². The Morgan fingerprint density at radius 2 is 0.318 bits per heavy atom. The van der Waals surface area contributed by atoms with Crippen molar-refractivity contribution >= 4 is 70.9 Å². The van der Waals surface area contributed by atoms with E-state index < -0.39 is 0 Å². The molecule has 0 saturated carbocycles. The molecule has 16 aromatic rings. The molecule has 0 aliphatic rings. The standard InChI is InChI=1S/C84H55N/c1-10-30-56(31-11-1)71-72(57-32-12-2-13-33-57)76(61-40-20-6-21-41-61)82-68-49-29-51-70-80(68)79-67(81(82)75(71)60-38-18-5-19-39-60)48-28-50-69(79)83-77(62-42-22-7-23-43-62)73(58-34-14-3-15-35-58)74(59-36-16-4-17-37-59)78(84(70)83)63-52-54-66(55-53-63)85(64-44-24-8-25-45-64)65-46-26-9-27-47-65/h1-55H. The van der Waals surface area contributed by atoms with Gasteiger partial charge in [0.2, 0.25) is 0 Å². The van der Waals surface area contributed by atoms with Gasteiger partial charge in [0.25, 0.3) is 0 Å². The summed E-state index contributed by atoms with van der Waals surface area (Å²) in [6.45, 7) is 0. The van der Waals surface area contributed by atoms with Gasteiger partial charge >= 0.3 is 0 Å². The van der Waals surface area contributed by atoms with Crippen molar-refractivity contribution in [3.8, 4) is 89.0 Å². The zero-order valence-electron chi connectivity index (χ0n) is 46.7. The summed E-state index contributed by atoms with van der Waals surface area (Å²) in [5.41, 5.74) is 22.3. The first kappa shape index (κ1) is 49.7. The molecule has 0 fully saturated rings. The van der Waals surface area contributed by atoms with Gasteiger partial charge in [-0.15, -0.1) is 0 Å². The molecule has 0 saturated heterocycles. The second-order valence-corrected chi connectivity index (χ2v) is 22.1. The molecule has 16 rings (SSSR count). The molecule has 0 radical (unpaired) electrons. The Bertz CT molecular complexity index is 5030. The Morgan fingerprint density at radius 3 is 0.553 bits per heavy atom. The van der Waals surface area contributed by atoms with Crippen LogP contribution < -0.4 is 4.90 Å². The van der Waals surface area contributed by atoms with Crippen LogP contribution in [0.15, 0.2) is 334 Å². The SMILES string of the molecule is c1ccc(-c2c(-c3ccccc3)c(-c3ccccc3)c3c4cccc5c6c(-c7ccc(N(c8ccccc8)c8ccccc8)cc7)c(-c7ccccc7)c(-c7ccccc7)c(-c7ccccc7)c6c6cccc(c3c2-c2ccccc2)c6c45)cc1. The molecule has 1 nitrogen and oxygen atoms in total. The zero-order chi connectivity index (χ0) is 56.2. The van der Waals surface area contributed by atoms with Crippen LogP contribution in [0, 0.1) is 0 Å². The minimum absolute atomic E-state index is 1.08. The van der Waals surface area contributed by atoms with Gasteiger partial charge in [0.15, 0.2) is 0 Å². The summed E-state index contributed by atoms with van der Waals surface area (Å²) in [6, 6.07) is 123. The lowest BCUT2D eigenvalue weighted by atomic mass is 9.73. The highest BCUT2D eigenvalue weighted by Crippen LogP contribution is 2.60. The third-order valence-corrected chi connectivity index (χ3v) is 17.3. The maximum atomic E-state index is 2.43. The maximum absolute atomic E-state index is 2.43. The number of rotatable bonds is 11. The van der Waals surface area contributed by atoms with E-state index in [2.05, 4.69) is 339 Å². The largest absolute Gasteiger partial charge is 0.311 e. The molecule has 396 valence electrons. The molecule has 0 aliphatic carbocycles. The lowest BCUT2D eigenvalue weighted by Crippen LogP contribution is -2.09. The molecule has 16 aromatic carbocycles. The average molecular weight is 1080 g/mol. The predicted octanol–water partition coefficient (Wildman–Crippen LogP) is 23.7. The van der Waals surface area contributed by atoms with Gasteiger partial charge in [0.05, 0.1) is 0 Å². The summed E-state index contributed by atoms with van der Waals surface area (Å²) in [5.74, 6) is 0. The zero-order valence-corrected chi connectivity index (χ0v) is 46.7. The number of para-hydroxylation sites is 2. The molecule has 0 aliphatic heterocycles. The molecule has 0 atom stereocenters. The molecule has 0 spiro atoms. The van der Waals surface area contributed by atoms with Crippen LogP contribution in [0.1, 0.15) is 0 Å². The molecule has 0 aromatic heterocycles. The van der Waals surface area contributed by atoms with E-state index in [-0.39, 0.29) is 0 Å². The van der Waals surface area contributed by atoms with E-state index in [4.69, 9.17) is 0 Å². The summed E-state index contributed by atoms with van der Waals surface area (Å²) in [7, 11) is 0. The van der Waals surface area contributed by atoms with Crippen molar-refractivity contribution in [3.63, 3.8) is 0 Å². The van der Waals surface area contributed by atoms with Crippen LogP contribution in [0.2, 0.25) is 0 Å². The Balaban J connectivity index is 1.16. The highest BCUT2D eigenvalue weighted by Gasteiger charge is 2.32. The van der Waals surface area contributed by atoms with E-state index in [1.165, 1.54) is 126 Å². The molecule has 0 amide bonds. The second-order valence-electron chi connectivity index (χ2n) is 22.1. The van der Waals surface area contributed by atoms with Gasteiger partial charge in [-0.25, -0.2) is 0 Å². The van der Waals surface area contributed by atoms with Gasteiger partial charge < -0.3 is 4.90 Å². The van der Waals surface area contributed by atoms with Crippen LogP contribution in [0.4, 0.5) is 17.1 Å². The number of nitrogens with zero attached hydrogens (tertiary/aromatic N) is 1. The summed E-state index contributed by atoms with van der Waals surface area (Å²) >= 11 is 0. The fraction of sp³-hybridized carbons (Fsp3) is 0. The van der Waals surface area contributed by atoms with E-state index in [0.29, 0.717) is 0 Å². The smallest absolute Gasteiger partial charge is 0.0462 e. The molecular weight excluding hydrogens is 1020 g/mol. The van der Waals surface area contributed by atoms with Crippen molar-refractivity contribution in [2.45, 2.75) is 0 Å². The van der Waals surface area contributed by atoms with Crippen LogP contribution in [0.25, 0.3) is 143 Å². The first-order chi connectivity index (χ1) is 42.3. The van der Waals surface area contributed by atoms with Crippen LogP contribution in [-0.2, 0) is 0 Å².